The van der Waals surface area contributed by atoms with Gasteiger partial charge in [0.05, 0.1) is 0 Å². The summed E-state index contributed by atoms with van der Waals surface area (Å²) in [4.78, 5) is 4.07. The number of benzene rings is 2. The van der Waals surface area contributed by atoms with Crippen LogP contribution < -0.4 is 15.4 Å². The lowest BCUT2D eigenvalue weighted by Gasteiger charge is -2.13. The number of alkyl halides is 3. The van der Waals surface area contributed by atoms with Crippen molar-refractivity contribution in [3.63, 3.8) is 0 Å². The zero-order valence-electron chi connectivity index (χ0n) is 14.1. The monoisotopic (exact) mass is 369 g/mol. The summed E-state index contributed by atoms with van der Waals surface area (Å²) >= 11 is 0. The number of aliphatic imine (C=N–C) groups is 1. The van der Waals surface area contributed by atoms with Gasteiger partial charge in [-0.15, -0.1) is 0 Å². The molecule has 0 amide bonds. The molecule has 0 aliphatic heterocycles. The number of hydrogen-bond donors (Lipinski definition) is 2. The third kappa shape index (κ3) is 7.00. The summed E-state index contributed by atoms with van der Waals surface area (Å²) in [6.45, 7) is -0.522. The van der Waals surface area contributed by atoms with Gasteiger partial charge in [-0.05, 0) is 35.4 Å². The van der Waals surface area contributed by atoms with Crippen LogP contribution in [0, 0.1) is 5.82 Å². The molecule has 0 saturated heterocycles. The number of halogens is 4. The Morgan fingerprint density at radius 1 is 1.00 bits per heavy atom. The van der Waals surface area contributed by atoms with E-state index in [0.717, 1.165) is 11.1 Å². The van der Waals surface area contributed by atoms with Crippen LogP contribution in [0.5, 0.6) is 5.75 Å². The highest BCUT2D eigenvalue weighted by Crippen LogP contribution is 2.19. The zero-order valence-corrected chi connectivity index (χ0v) is 14.1. The fraction of sp³-hybridized carbons (Fsp3) is 0.278. The molecule has 0 aromatic heterocycles. The summed E-state index contributed by atoms with van der Waals surface area (Å²) in [5.41, 5.74) is 1.63. The first kappa shape index (κ1) is 19.6. The number of ether oxygens (including phenoxy) is 1. The van der Waals surface area contributed by atoms with E-state index in [4.69, 9.17) is 4.74 Å². The van der Waals surface area contributed by atoms with E-state index in [9.17, 15) is 17.6 Å². The van der Waals surface area contributed by atoms with Crippen LogP contribution in [-0.4, -0.2) is 25.8 Å². The Bertz CT molecular complexity index is 730. The van der Waals surface area contributed by atoms with Gasteiger partial charge in [0.15, 0.2) is 12.6 Å². The molecule has 0 bridgehead atoms. The van der Waals surface area contributed by atoms with E-state index in [0.29, 0.717) is 19.0 Å². The molecule has 0 atom stereocenters. The largest absolute Gasteiger partial charge is 0.484 e. The van der Waals surface area contributed by atoms with Crippen LogP contribution >= 0.6 is 0 Å². The molecule has 26 heavy (non-hydrogen) atoms. The molecule has 0 aliphatic rings. The average Bonchev–Trinajstić information content (AvgIpc) is 2.61. The van der Waals surface area contributed by atoms with Gasteiger partial charge in [0.25, 0.3) is 0 Å². The molecule has 140 valence electrons. The fourth-order valence-corrected chi connectivity index (χ4v) is 2.10. The minimum absolute atomic E-state index is 0.149. The highest BCUT2D eigenvalue weighted by atomic mass is 19.4. The van der Waals surface area contributed by atoms with Crippen LogP contribution in [-0.2, 0) is 13.1 Å². The summed E-state index contributed by atoms with van der Waals surface area (Å²) in [6.07, 6.45) is -4.37. The van der Waals surface area contributed by atoms with Gasteiger partial charge < -0.3 is 15.4 Å². The molecule has 2 rings (SSSR count). The van der Waals surface area contributed by atoms with E-state index in [-0.39, 0.29) is 11.6 Å². The molecule has 0 aliphatic carbocycles. The van der Waals surface area contributed by atoms with E-state index in [1.165, 1.54) is 24.3 Å². The van der Waals surface area contributed by atoms with Crippen LogP contribution in [0.15, 0.2) is 53.5 Å². The number of hydrogen-bond acceptors (Lipinski definition) is 2. The van der Waals surface area contributed by atoms with Gasteiger partial charge in [0.1, 0.15) is 11.6 Å². The molecular formula is C18H19F4N3O. The van der Waals surface area contributed by atoms with E-state index >= 15 is 0 Å². The van der Waals surface area contributed by atoms with E-state index in [2.05, 4.69) is 15.6 Å². The lowest BCUT2D eigenvalue weighted by atomic mass is 10.2. The lowest BCUT2D eigenvalue weighted by molar-refractivity contribution is -0.153. The molecule has 0 spiro atoms. The minimum atomic E-state index is -4.37. The molecule has 0 unspecified atom stereocenters. The maximum atomic E-state index is 12.9. The summed E-state index contributed by atoms with van der Waals surface area (Å²) in [7, 11) is 1.60. The maximum absolute atomic E-state index is 12.9. The van der Waals surface area contributed by atoms with E-state index in [1.807, 2.05) is 0 Å². The topological polar surface area (TPSA) is 45.7 Å². The van der Waals surface area contributed by atoms with Crippen LogP contribution in [0.25, 0.3) is 0 Å². The van der Waals surface area contributed by atoms with Crippen molar-refractivity contribution < 1.29 is 22.3 Å². The molecule has 0 saturated carbocycles. The second-order valence-corrected chi connectivity index (χ2v) is 5.46. The van der Waals surface area contributed by atoms with Crippen molar-refractivity contribution >= 4 is 5.96 Å². The normalized spacial score (nSPS) is 12.0. The molecule has 0 heterocycles. The summed E-state index contributed by atoms with van der Waals surface area (Å²) in [5.74, 6) is 0.357. The van der Waals surface area contributed by atoms with Gasteiger partial charge >= 0.3 is 6.18 Å². The third-order valence-corrected chi connectivity index (χ3v) is 3.36. The fourth-order valence-electron chi connectivity index (χ4n) is 2.10. The second kappa shape index (κ2) is 9.07. The van der Waals surface area contributed by atoms with Gasteiger partial charge in [-0.3, -0.25) is 4.99 Å². The Kier molecular flexibility index (Phi) is 6.82. The summed E-state index contributed by atoms with van der Waals surface area (Å²) in [5, 5.41) is 6.13. The number of nitrogens with one attached hydrogen (secondary N) is 2. The molecule has 2 aromatic carbocycles. The summed E-state index contributed by atoms with van der Waals surface area (Å²) in [6, 6.07) is 12.5. The Labute approximate surface area is 148 Å². The van der Waals surface area contributed by atoms with Crippen molar-refractivity contribution in [2.75, 3.05) is 13.7 Å². The van der Waals surface area contributed by atoms with Crippen molar-refractivity contribution in [2.24, 2.45) is 4.99 Å². The van der Waals surface area contributed by atoms with Gasteiger partial charge in [-0.25, -0.2) is 4.39 Å². The highest BCUT2D eigenvalue weighted by molar-refractivity contribution is 5.79. The van der Waals surface area contributed by atoms with E-state index in [1.54, 1.807) is 31.3 Å². The first-order chi connectivity index (χ1) is 12.4. The summed E-state index contributed by atoms with van der Waals surface area (Å²) < 4.78 is 54.2. The standard InChI is InChI=1S/C18H19F4N3O/c1-23-17(24-10-13-5-7-15(19)8-6-13)25-11-14-3-2-4-16(9-14)26-12-18(20,21)22/h2-9H,10-12H2,1H3,(H2,23,24,25). The molecule has 2 N–H and O–H groups in total. The Morgan fingerprint density at radius 2 is 1.65 bits per heavy atom. The SMILES string of the molecule is CN=C(NCc1ccc(F)cc1)NCc1cccc(OCC(F)(F)F)c1. The predicted molar refractivity (Wildman–Crippen MR) is 91.4 cm³/mol. The minimum Gasteiger partial charge on any atom is -0.484 e. The van der Waals surface area contributed by atoms with Gasteiger partial charge in [-0.2, -0.15) is 13.2 Å². The Hall–Kier alpha value is -2.77. The Balaban J connectivity index is 1.85. The van der Waals surface area contributed by atoms with Crippen molar-refractivity contribution in [2.45, 2.75) is 19.3 Å². The van der Waals surface area contributed by atoms with Crippen molar-refractivity contribution in [3.8, 4) is 5.75 Å². The first-order valence-electron chi connectivity index (χ1n) is 7.83. The molecule has 2 aromatic rings. The van der Waals surface area contributed by atoms with Crippen LogP contribution in [0.4, 0.5) is 17.6 Å². The third-order valence-electron chi connectivity index (χ3n) is 3.36. The zero-order chi connectivity index (χ0) is 19.0. The highest BCUT2D eigenvalue weighted by Gasteiger charge is 2.28. The molecule has 0 radical (unpaired) electrons. The van der Waals surface area contributed by atoms with Crippen molar-refractivity contribution in [3.05, 3.63) is 65.5 Å². The molecule has 4 nitrogen and oxygen atoms in total. The smallest absolute Gasteiger partial charge is 0.422 e. The average molecular weight is 369 g/mol. The quantitative estimate of drug-likeness (QED) is 0.464. The molecule has 8 heteroatoms. The maximum Gasteiger partial charge on any atom is 0.422 e. The first-order valence-corrected chi connectivity index (χ1v) is 7.83. The number of nitrogens with zero attached hydrogens (tertiary/aromatic N) is 1. The van der Waals surface area contributed by atoms with Gasteiger partial charge in [-0.1, -0.05) is 24.3 Å². The van der Waals surface area contributed by atoms with Crippen molar-refractivity contribution in [1.82, 2.24) is 10.6 Å². The van der Waals surface area contributed by atoms with Crippen LogP contribution in [0.1, 0.15) is 11.1 Å². The predicted octanol–water partition coefficient (Wildman–Crippen LogP) is 3.63. The molecule has 0 fully saturated rings. The van der Waals surface area contributed by atoms with Gasteiger partial charge in [0, 0.05) is 20.1 Å². The van der Waals surface area contributed by atoms with Crippen LogP contribution in [0.3, 0.4) is 0 Å². The van der Waals surface area contributed by atoms with Crippen LogP contribution in [0.2, 0.25) is 0 Å². The van der Waals surface area contributed by atoms with Crippen molar-refractivity contribution in [1.29, 1.82) is 0 Å². The second-order valence-electron chi connectivity index (χ2n) is 5.46. The number of guanidine groups is 1. The Morgan fingerprint density at radius 3 is 2.27 bits per heavy atom. The van der Waals surface area contributed by atoms with Gasteiger partial charge in [0.2, 0.25) is 0 Å². The van der Waals surface area contributed by atoms with E-state index < -0.39 is 12.8 Å². The lowest BCUT2D eigenvalue weighted by Crippen LogP contribution is -2.36. The number of rotatable bonds is 6. The molecular weight excluding hydrogens is 350 g/mol.